The van der Waals surface area contributed by atoms with Gasteiger partial charge in [0, 0.05) is 18.8 Å². The third-order valence-corrected chi connectivity index (χ3v) is 2.46. The van der Waals surface area contributed by atoms with Gasteiger partial charge < -0.3 is 15.5 Å². The number of hydrogen-bond acceptors (Lipinski definition) is 5. The van der Waals surface area contributed by atoms with Crippen molar-refractivity contribution in [3.63, 3.8) is 0 Å². The SMILES string of the molecule is CC(C)CC(CO)NCc1cn(CCO)nn1. The summed E-state index contributed by atoms with van der Waals surface area (Å²) in [6.07, 6.45) is 2.73. The van der Waals surface area contributed by atoms with Crippen LogP contribution in [0.4, 0.5) is 0 Å². The van der Waals surface area contributed by atoms with Crippen molar-refractivity contribution in [2.75, 3.05) is 13.2 Å². The van der Waals surface area contributed by atoms with Crippen molar-refractivity contribution in [1.29, 1.82) is 0 Å². The molecule has 1 rings (SSSR count). The molecule has 0 spiro atoms. The largest absolute Gasteiger partial charge is 0.395 e. The Balaban J connectivity index is 2.36. The fraction of sp³-hybridized carbons (Fsp3) is 0.818. The van der Waals surface area contributed by atoms with Crippen LogP contribution >= 0.6 is 0 Å². The normalized spacial score (nSPS) is 13.2. The standard InChI is InChI=1S/C11H22N4O2/c1-9(2)5-10(8-17)12-6-11-7-15(3-4-16)14-13-11/h7,9-10,12,16-17H,3-6,8H2,1-2H3. The molecule has 3 N–H and O–H groups in total. The first-order valence-electron chi connectivity index (χ1n) is 5.99. The molecule has 1 unspecified atom stereocenters. The summed E-state index contributed by atoms with van der Waals surface area (Å²) in [5.74, 6) is 0.546. The van der Waals surface area contributed by atoms with E-state index in [4.69, 9.17) is 5.11 Å². The van der Waals surface area contributed by atoms with Crippen LogP contribution in [0, 0.1) is 5.92 Å². The summed E-state index contributed by atoms with van der Waals surface area (Å²) < 4.78 is 1.60. The van der Waals surface area contributed by atoms with Crippen molar-refractivity contribution in [2.45, 2.75) is 39.4 Å². The first-order chi connectivity index (χ1) is 8.15. The maximum Gasteiger partial charge on any atom is 0.0964 e. The van der Waals surface area contributed by atoms with Gasteiger partial charge in [0.25, 0.3) is 0 Å². The Hall–Kier alpha value is -0.980. The maximum absolute atomic E-state index is 9.21. The second kappa shape index (κ2) is 7.37. The molecular weight excluding hydrogens is 220 g/mol. The molecule has 6 heteroatoms. The molecular formula is C11H22N4O2. The highest BCUT2D eigenvalue weighted by molar-refractivity contribution is 4.92. The molecule has 0 aliphatic rings. The second-order valence-electron chi connectivity index (χ2n) is 4.59. The van der Waals surface area contributed by atoms with Crippen LogP contribution in [0.5, 0.6) is 0 Å². The summed E-state index contributed by atoms with van der Waals surface area (Å²) in [6, 6.07) is 0.0954. The Bertz CT molecular complexity index is 314. The topological polar surface area (TPSA) is 83.2 Å². The van der Waals surface area contributed by atoms with Crippen molar-refractivity contribution in [2.24, 2.45) is 5.92 Å². The summed E-state index contributed by atoms with van der Waals surface area (Å²) in [5, 5.41) is 29.0. The van der Waals surface area contributed by atoms with Gasteiger partial charge in [-0.1, -0.05) is 19.1 Å². The Kier molecular flexibility index (Phi) is 6.10. The molecule has 1 heterocycles. The molecule has 1 aromatic rings. The summed E-state index contributed by atoms with van der Waals surface area (Å²) in [5.41, 5.74) is 0.820. The minimum atomic E-state index is 0.0584. The van der Waals surface area contributed by atoms with E-state index in [0.717, 1.165) is 12.1 Å². The lowest BCUT2D eigenvalue weighted by molar-refractivity contribution is 0.223. The number of nitrogens with one attached hydrogen (secondary N) is 1. The van der Waals surface area contributed by atoms with Crippen molar-refractivity contribution < 1.29 is 10.2 Å². The van der Waals surface area contributed by atoms with E-state index in [9.17, 15) is 5.11 Å². The number of aliphatic hydroxyl groups excluding tert-OH is 2. The maximum atomic E-state index is 9.21. The minimum absolute atomic E-state index is 0.0584. The molecule has 0 radical (unpaired) electrons. The van der Waals surface area contributed by atoms with E-state index < -0.39 is 0 Å². The van der Waals surface area contributed by atoms with Crippen LogP contribution < -0.4 is 5.32 Å². The summed E-state index contributed by atoms with van der Waals surface area (Å²) in [6.45, 7) is 5.49. The fourth-order valence-electron chi connectivity index (χ4n) is 1.67. The zero-order valence-corrected chi connectivity index (χ0v) is 10.5. The molecule has 6 nitrogen and oxygen atoms in total. The van der Waals surface area contributed by atoms with Crippen LogP contribution in [0.2, 0.25) is 0 Å². The van der Waals surface area contributed by atoms with Gasteiger partial charge in [-0.25, -0.2) is 4.68 Å². The Morgan fingerprint density at radius 2 is 2.18 bits per heavy atom. The lowest BCUT2D eigenvalue weighted by atomic mass is 10.0. The third kappa shape index (κ3) is 5.25. The lowest BCUT2D eigenvalue weighted by Gasteiger charge is -2.17. The van der Waals surface area contributed by atoms with E-state index in [1.54, 1.807) is 10.9 Å². The zero-order valence-electron chi connectivity index (χ0n) is 10.5. The highest BCUT2D eigenvalue weighted by atomic mass is 16.3. The van der Waals surface area contributed by atoms with Gasteiger partial charge in [0.1, 0.15) is 0 Å². The van der Waals surface area contributed by atoms with Crippen LogP contribution in [0.25, 0.3) is 0 Å². The molecule has 1 atom stereocenters. The third-order valence-electron chi connectivity index (χ3n) is 2.46. The molecule has 0 saturated heterocycles. The van der Waals surface area contributed by atoms with Crippen molar-refractivity contribution in [1.82, 2.24) is 20.3 Å². The monoisotopic (exact) mass is 242 g/mol. The fourth-order valence-corrected chi connectivity index (χ4v) is 1.67. The van der Waals surface area contributed by atoms with Crippen molar-refractivity contribution >= 4 is 0 Å². The van der Waals surface area contributed by atoms with E-state index >= 15 is 0 Å². The van der Waals surface area contributed by atoms with E-state index in [-0.39, 0.29) is 19.3 Å². The van der Waals surface area contributed by atoms with E-state index in [0.29, 0.717) is 19.0 Å². The van der Waals surface area contributed by atoms with Crippen LogP contribution in [-0.4, -0.2) is 44.5 Å². The number of aromatic nitrogens is 3. The molecule has 0 fully saturated rings. The summed E-state index contributed by atoms with van der Waals surface area (Å²) in [4.78, 5) is 0. The van der Waals surface area contributed by atoms with Gasteiger partial charge in [-0.15, -0.1) is 5.10 Å². The predicted octanol–water partition coefficient (Wildman–Crippen LogP) is -0.233. The molecule has 0 bridgehead atoms. The van der Waals surface area contributed by atoms with Gasteiger partial charge in [-0.05, 0) is 12.3 Å². The van der Waals surface area contributed by atoms with Crippen LogP contribution in [0.1, 0.15) is 26.0 Å². The molecule has 98 valence electrons. The Morgan fingerprint density at radius 1 is 1.41 bits per heavy atom. The summed E-state index contributed by atoms with van der Waals surface area (Å²) in [7, 11) is 0. The predicted molar refractivity (Wildman–Crippen MR) is 64.3 cm³/mol. The van der Waals surface area contributed by atoms with E-state index in [1.165, 1.54) is 0 Å². The second-order valence-corrected chi connectivity index (χ2v) is 4.59. The molecule has 1 aromatic heterocycles. The van der Waals surface area contributed by atoms with Crippen LogP contribution in [0.3, 0.4) is 0 Å². The van der Waals surface area contributed by atoms with Gasteiger partial charge in [-0.2, -0.15) is 0 Å². The van der Waals surface area contributed by atoms with Gasteiger partial charge in [0.15, 0.2) is 0 Å². The molecule has 0 amide bonds. The first-order valence-corrected chi connectivity index (χ1v) is 5.99. The molecule has 0 aliphatic carbocycles. The quantitative estimate of drug-likeness (QED) is 0.586. The smallest absolute Gasteiger partial charge is 0.0964 e. The van der Waals surface area contributed by atoms with Gasteiger partial charge in [0.05, 0.1) is 25.5 Å². The number of aliphatic hydroxyl groups is 2. The van der Waals surface area contributed by atoms with Crippen molar-refractivity contribution in [3.05, 3.63) is 11.9 Å². The molecule has 0 aromatic carbocycles. The molecule has 17 heavy (non-hydrogen) atoms. The molecule has 0 aliphatic heterocycles. The number of hydrogen-bond donors (Lipinski definition) is 3. The Labute approximate surface area is 102 Å². The number of nitrogens with zero attached hydrogens (tertiary/aromatic N) is 3. The van der Waals surface area contributed by atoms with Crippen LogP contribution in [-0.2, 0) is 13.1 Å². The van der Waals surface area contributed by atoms with Crippen LogP contribution in [0.15, 0.2) is 6.20 Å². The molecule has 0 saturated carbocycles. The minimum Gasteiger partial charge on any atom is -0.395 e. The highest BCUT2D eigenvalue weighted by Gasteiger charge is 2.10. The average molecular weight is 242 g/mol. The lowest BCUT2D eigenvalue weighted by Crippen LogP contribution is -2.33. The van der Waals surface area contributed by atoms with Crippen molar-refractivity contribution in [3.8, 4) is 0 Å². The summed E-state index contributed by atoms with van der Waals surface area (Å²) >= 11 is 0. The van der Waals surface area contributed by atoms with Gasteiger partial charge in [-0.3, -0.25) is 0 Å². The zero-order chi connectivity index (χ0) is 12.7. The Morgan fingerprint density at radius 3 is 2.76 bits per heavy atom. The highest BCUT2D eigenvalue weighted by Crippen LogP contribution is 2.04. The average Bonchev–Trinajstić information content (AvgIpc) is 2.72. The van der Waals surface area contributed by atoms with Gasteiger partial charge >= 0.3 is 0 Å². The first kappa shape index (κ1) is 14.1. The number of rotatable bonds is 8. The van der Waals surface area contributed by atoms with E-state index in [1.807, 2.05) is 0 Å². The van der Waals surface area contributed by atoms with Gasteiger partial charge in [0.2, 0.25) is 0 Å². The van der Waals surface area contributed by atoms with E-state index in [2.05, 4.69) is 29.5 Å².